The highest BCUT2D eigenvalue weighted by atomic mass is 16.6. The van der Waals surface area contributed by atoms with Crippen molar-refractivity contribution in [3.05, 3.63) is 58.1 Å². The molecule has 0 aromatic heterocycles. The highest BCUT2D eigenvalue weighted by Crippen LogP contribution is 2.30. The number of nitro groups is 1. The summed E-state index contributed by atoms with van der Waals surface area (Å²) < 4.78 is 10.3. The van der Waals surface area contributed by atoms with Crippen LogP contribution in [-0.2, 0) is 4.79 Å². The zero-order valence-electron chi connectivity index (χ0n) is 12.7. The van der Waals surface area contributed by atoms with Gasteiger partial charge in [0.2, 0.25) is 5.75 Å². The third kappa shape index (κ3) is 4.44. The number of benzene rings is 2. The molecule has 0 aliphatic rings. The van der Waals surface area contributed by atoms with E-state index >= 15 is 0 Å². The number of rotatable bonds is 6. The van der Waals surface area contributed by atoms with Gasteiger partial charge in [0.05, 0.1) is 12.0 Å². The van der Waals surface area contributed by atoms with Gasteiger partial charge < -0.3 is 14.8 Å². The molecule has 2 aromatic carbocycles. The van der Waals surface area contributed by atoms with Gasteiger partial charge in [0, 0.05) is 17.8 Å². The predicted octanol–water partition coefficient (Wildman–Crippen LogP) is 2.93. The van der Waals surface area contributed by atoms with Crippen molar-refractivity contribution in [3.63, 3.8) is 0 Å². The number of carbonyl (C=O) groups excluding carboxylic acids is 1. The first-order chi connectivity index (χ1) is 11.0. The molecular formula is C16H16N2O5. The molecule has 0 saturated carbocycles. The Morgan fingerprint density at radius 1 is 1.22 bits per heavy atom. The number of nitrogens with one attached hydrogen (secondary N) is 1. The molecule has 120 valence electrons. The molecule has 0 radical (unpaired) electrons. The summed E-state index contributed by atoms with van der Waals surface area (Å²) in [6.45, 7) is 1.74. The Hall–Kier alpha value is -3.09. The van der Waals surface area contributed by atoms with Crippen LogP contribution in [0.5, 0.6) is 11.5 Å². The Bertz CT molecular complexity index is 713. The first-order valence-electron chi connectivity index (χ1n) is 6.81. The van der Waals surface area contributed by atoms with Crippen LogP contribution in [0.25, 0.3) is 0 Å². The summed E-state index contributed by atoms with van der Waals surface area (Å²) in [5, 5.41) is 13.5. The van der Waals surface area contributed by atoms with Crippen molar-refractivity contribution in [2.45, 2.75) is 6.92 Å². The van der Waals surface area contributed by atoms with Gasteiger partial charge in [0.1, 0.15) is 5.75 Å². The van der Waals surface area contributed by atoms with Crippen molar-refractivity contribution < 1.29 is 19.2 Å². The molecule has 0 spiro atoms. The van der Waals surface area contributed by atoms with Crippen LogP contribution in [0.1, 0.15) is 5.56 Å². The number of carbonyl (C=O) groups is 1. The molecule has 2 aromatic rings. The summed E-state index contributed by atoms with van der Waals surface area (Å²) in [4.78, 5) is 22.1. The van der Waals surface area contributed by atoms with Crippen molar-refractivity contribution in [1.29, 1.82) is 0 Å². The van der Waals surface area contributed by atoms with E-state index < -0.39 is 4.92 Å². The SMILES string of the molecule is COc1cc(OCC(=O)Nc2ccc(C)cc2)ccc1[N+](=O)[O-]. The Balaban J connectivity index is 1.96. The molecular weight excluding hydrogens is 300 g/mol. The number of nitrogens with zero attached hydrogens (tertiary/aromatic N) is 1. The summed E-state index contributed by atoms with van der Waals surface area (Å²) in [6, 6.07) is 11.4. The van der Waals surface area contributed by atoms with Crippen LogP contribution in [0.3, 0.4) is 0 Å². The number of anilines is 1. The monoisotopic (exact) mass is 316 g/mol. The van der Waals surface area contributed by atoms with Crippen molar-refractivity contribution in [3.8, 4) is 11.5 Å². The lowest BCUT2D eigenvalue weighted by atomic mass is 10.2. The summed E-state index contributed by atoms with van der Waals surface area (Å²) >= 11 is 0. The van der Waals surface area contributed by atoms with Crippen LogP contribution >= 0.6 is 0 Å². The second kappa shape index (κ2) is 7.26. The van der Waals surface area contributed by atoms with Gasteiger partial charge in [-0.3, -0.25) is 14.9 Å². The molecule has 0 saturated heterocycles. The summed E-state index contributed by atoms with van der Waals surface area (Å²) in [5.74, 6) is 0.0594. The molecule has 23 heavy (non-hydrogen) atoms. The van der Waals surface area contributed by atoms with Crippen LogP contribution in [0.4, 0.5) is 11.4 Å². The maximum absolute atomic E-state index is 11.8. The second-order valence-corrected chi connectivity index (χ2v) is 4.79. The van der Waals surface area contributed by atoms with Gasteiger partial charge in [0.25, 0.3) is 5.91 Å². The quantitative estimate of drug-likeness (QED) is 0.653. The fraction of sp³-hybridized carbons (Fsp3) is 0.188. The first-order valence-corrected chi connectivity index (χ1v) is 6.81. The Kier molecular flexibility index (Phi) is 5.14. The van der Waals surface area contributed by atoms with E-state index in [4.69, 9.17) is 9.47 Å². The Morgan fingerprint density at radius 2 is 1.91 bits per heavy atom. The maximum Gasteiger partial charge on any atom is 0.311 e. The van der Waals surface area contributed by atoms with E-state index in [0.717, 1.165) is 5.56 Å². The highest BCUT2D eigenvalue weighted by Gasteiger charge is 2.15. The predicted molar refractivity (Wildman–Crippen MR) is 85.0 cm³/mol. The minimum Gasteiger partial charge on any atom is -0.490 e. The standard InChI is InChI=1S/C16H16N2O5/c1-11-3-5-12(6-4-11)17-16(19)10-23-13-7-8-14(18(20)21)15(9-13)22-2/h3-9H,10H2,1-2H3,(H,17,19). The van der Waals surface area contributed by atoms with E-state index in [0.29, 0.717) is 11.4 Å². The zero-order chi connectivity index (χ0) is 16.8. The van der Waals surface area contributed by atoms with Gasteiger partial charge in [0.15, 0.2) is 6.61 Å². The van der Waals surface area contributed by atoms with Gasteiger partial charge in [-0.25, -0.2) is 0 Å². The average Bonchev–Trinajstić information content (AvgIpc) is 2.54. The summed E-state index contributed by atoms with van der Waals surface area (Å²) in [7, 11) is 1.33. The number of aryl methyl sites for hydroxylation is 1. The first kappa shape index (κ1) is 16.3. The van der Waals surface area contributed by atoms with Crippen LogP contribution in [0.15, 0.2) is 42.5 Å². The van der Waals surface area contributed by atoms with Crippen molar-refractivity contribution in [2.24, 2.45) is 0 Å². The normalized spacial score (nSPS) is 10.0. The fourth-order valence-electron chi connectivity index (χ4n) is 1.88. The average molecular weight is 316 g/mol. The number of ether oxygens (including phenoxy) is 2. The van der Waals surface area contributed by atoms with Gasteiger partial charge in [-0.2, -0.15) is 0 Å². The summed E-state index contributed by atoms with van der Waals surface area (Å²) in [5.41, 5.74) is 1.60. The van der Waals surface area contributed by atoms with E-state index in [1.165, 1.54) is 25.3 Å². The van der Waals surface area contributed by atoms with E-state index in [9.17, 15) is 14.9 Å². The third-order valence-corrected chi connectivity index (χ3v) is 3.05. The molecule has 0 unspecified atom stereocenters. The Morgan fingerprint density at radius 3 is 2.52 bits per heavy atom. The lowest BCUT2D eigenvalue weighted by Gasteiger charge is -2.09. The maximum atomic E-state index is 11.8. The molecule has 0 fully saturated rings. The molecule has 1 N–H and O–H groups in total. The van der Waals surface area contributed by atoms with Gasteiger partial charge >= 0.3 is 5.69 Å². The molecule has 0 aliphatic heterocycles. The van der Waals surface area contributed by atoms with Crippen molar-refractivity contribution in [1.82, 2.24) is 0 Å². The number of methoxy groups -OCH3 is 1. The second-order valence-electron chi connectivity index (χ2n) is 4.79. The van der Waals surface area contributed by atoms with E-state index in [2.05, 4.69) is 5.32 Å². The molecule has 1 amide bonds. The smallest absolute Gasteiger partial charge is 0.311 e. The number of nitro benzene ring substituents is 1. The van der Waals surface area contributed by atoms with Crippen LogP contribution < -0.4 is 14.8 Å². The van der Waals surface area contributed by atoms with Gasteiger partial charge in [-0.1, -0.05) is 17.7 Å². The van der Waals surface area contributed by atoms with Crippen LogP contribution in [-0.4, -0.2) is 24.5 Å². The molecule has 0 atom stereocenters. The molecule has 0 bridgehead atoms. The lowest BCUT2D eigenvalue weighted by Crippen LogP contribution is -2.20. The van der Waals surface area contributed by atoms with Crippen molar-refractivity contribution >= 4 is 17.3 Å². The van der Waals surface area contributed by atoms with Gasteiger partial charge in [-0.15, -0.1) is 0 Å². The van der Waals surface area contributed by atoms with Gasteiger partial charge in [-0.05, 0) is 25.1 Å². The number of hydrogen-bond acceptors (Lipinski definition) is 5. The Labute approximate surface area is 133 Å². The van der Waals surface area contributed by atoms with Crippen LogP contribution in [0, 0.1) is 17.0 Å². The molecule has 0 aliphatic carbocycles. The largest absolute Gasteiger partial charge is 0.490 e. The van der Waals surface area contributed by atoms with E-state index in [1.54, 1.807) is 12.1 Å². The molecule has 7 heteroatoms. The molecule has 0 heterocycles. The van der Waals surface area contributed by atoms with E-state index in [1.807, 2.05) is 19.1 Å². The lowest BCUT2D eigenvalue weighted by molar-refractivity contribution is -0.385. The number of amides is 1. The fourth-order valence-corrected chi connectivity index (χ4v) is 1.88. The van der Waals surface area contributed by atoms with Crippen LogP contribution in [0.2, 0.25) is 0 Å². The molecule has 7 nitrogen and oxygen atoms in total. The minimum absolute atomic E-state index is 0.0754. The topological polar surface area (TPSA) is 90.7 Å². The number of hydrogen-bond donors (Lipinski definition) is 1. The highest BCUT2D eigenvalue weighted by molar-refractivity contribution is 5.91. The zero-order valence-corrected chi connectivity index (χ0v) is 12.7. The van der Waals surface area contributed by atoms with Crippen molar-refractivity contribution in [2.75, 3.05) is 19.0 Å². The minimum atomic E-state index is -0.549. The summed E-state index contributed by atoms with van der Waals surface area (Å²) in [6.07, 6.45) is 0. The van der Waals surface area contributed by atoms with E-state index in [-0.39, 0.29) is 24.0 Å². The molecule has 2 rings (SSSR count). The third-order valence-electron chi connectivity index (χ3n) is 3.05.